The average Bonchev–Trinajstić information content (AvgIpc) is 2.92. The van der Waals surface area contributed by atoms with Gasteiger partial charge in [0.1, 0.15) is 0 Å². The number of carbonyl (C=O) groups is 1. The number of nitrogens with zero attached hydrogens (tertiary/aromatic N) is 1. The first-order chi connectivity index (χ1) is 9.20. The minimum atomic E-state index is 0.318. The molecule has 0 saturated carbocycles. The van der Waals surface area contributed by atoms with Gasteiger partial charge < -0.3 is 10.2 Å². The van der Waals surface area contributed by atoms with Crippen LogP contribution in [-0.4, -0.2) is 36.0 Å². The zero-order chi connectivity index (χ0) is 13.2. The number of hydrogen-bond acceptors (Lipinski definition) is 3. The van der Waals surface area contributed by atoms with Crippen LogP contribution in [0.5, 0.6) is 0 Å². The number of amides is 1. The van der Waals surface area contributed by atoms with Gasteiger partial charge in [0.25, 0.3) is 0 Å². The third-order valence-electron chi connectivity index (χ3n) is 4.08. The maximum atomic E-state index is 12.3. The van der Waals surface area contributed by atoms with Gasteiger partial charge in [0, 0.05) is 46.3 Å². The van der Waals surface area contributed by atoms with Crippen LogP contribution >= 0.6 is 27.3 Å². The number of carbonyl (C=O) groups excluding carboxylic acids is 1. The number of thiophene rings is 1. The summed E-state index contributed by atoms with van der Waals surface area (Å²) in [7, 11) is 0. The highest BCUT2D eigenvalue weighted by Crippen LogP contribution is 2.23. The van der Waals surface area contributed by atoms with Crippen LogP contribution in [0.2, 0.25) is 0 Å². The Hall–Kier alpha value is -0.390. The van der Waals surface area contributed by atoms with E-state index in [9.17, 15) is 4.79 Å². The summed E-state index contributed by atoms with van der Waals surface area (Å²) >= 11 is 5.18. The first-order valence-electron chi connectivity index (χ1n) is 6.97. The third-order valence-corrected chi connectivity index (χ3v) is 5.84. The first-order valence-corrected chi connectivity index (χ1v) is 8.65. The fourth-order valence-corrected chi connectivity index (χ4v) is 4.50. The molecule has 1 aromatic rings. The van der Waals surface area contributed by atoms with E-state index in [0.717, 1.165) is 30.4 Å². The van der Waals surface area contributed by atoms with Gasteiger partial charge in [-0.3, -0.25) is 4.79 Å². The molecule has 1 N–H and O–H groups in total. The van der Waals surface area contributed by atoms with Crippen molar-refractivity contribution >= 4 is 33.2 Å². The molecule has 1 amide bonds. The molecular weight excluding hydrogens is 324 g/mol. The Balaban J connectivity index is 1.52. The van der Waals surface area contributed by atoms with Crippen LogP contribution in [0.3, 0.4) is 0 Å². The molecule has 3 rings (SSSR count). The molecule has 2 fully saturated rings. The maximum Gasteiger partial charge on any atom is 0.222 e. The molecule has 0 aromatic carbocycles. The summed E-state index contributed by atoms with van der Waals surface area (Å²) in [4.78, 5) is 15.7. The molecule has 5 heteroatoms. The first kappa shape index (κ1) is 13.6. The third kappa shape index (κ3) is 3.38. The molecule has 0 aliphatic carbocycles. The van der Waals surface area contributed by atoms with Crippen molar-refractivity contribution in [2.45, 2.75) is 44.2 Å². The second kappa shape index (κ2) is 5.94. The highest BCUT2D eigenvalue weighted by molar-refractivity contribution is 9.10. The lowest BCUT2D eigenvalue weighted by Crippen LogP contribution is -2.39. The van der Waals surface area contributed by atoms with E-state index < -0.39 is 0 Å². The van der Waals surface area contributed by atoms with Crippen molar-refractivity contribution in [1.82, 2.24) is 10.2 Å². The summed E-state index contributed by atoms with van der Waals surface area (Å²) in [6, 6.07) is 3.30. The molecule has 0 radical (unpaired) electrons. The number of halogens is 1. The number of rotatable bonds is 3. The zero-order valence-electron chi connectivity index (χ0n) is 10.9. The minimum Gasteiger partial charge on any atom is -0.341 e. The van der Waals surface area contributed by atoms with Gasteiger partial charge in [-0.1, -0.05) is 0 Å². The Morgan fingerprint density at radius 3 is 3.05 bits per heavy atom. The largest absolute Gasteiger partial charge is 0.341 e. The standard InChI is InChI=1S/C14H19BrN2OS/c15-10-7-13(19-9-10)3-4-14(18)17-6-5-11-1-2-12(8-17)16-11/h7,9,11-12,16H,1-6,8H2. The Morgan fingerprint density at radius 2 is 2.26 bits per heavy atom. The average molecular weight is 343 g/mol. The van der Waals surface area contributed by atoms with E-state index in [0.29, 0.717) is 24.4 Å². The summed E-state index contributed by atoms with van der Waals surface area (Å²) in [6.45, 7) is 1.84. The van der Waals surface area contributed by atoms with E-state index in [1.165, 1.54) is 17.7 Å². The molecule has 3 heterocycles. The summed E-state index contributed by atoms with van der Waals surface area (Å²) in [5.74, 6) is 0.318. The number of likely N-dealkylation sites (tertiary alicyclic amines) is 1. The van der Waals surface area contributed by atoms with Crippen LogP contribution in [0.1, 0.15) is 30.6 Å². The minimum absolute atomic E-state index is 0.318. The lowest BCUT2D eigenvalue weighted by molar-refractivity contribution is -0.131. The van der Waals surface area contributed by atoms with Gasteiger partial charge in [-0.15, -0.1) is 11.3 Å². The highest BCUT2D eigenvalue weighted by atomic mass is 79.9. The Morgan fingerprint density at radius 1 is 1.42 bits per heavy atom. The normalized spacial score (nSPS) is 26.5. The molecule has 104 valence electrons. The quantitative estimate of drug-likeness (QED) is 0.915. The molecule has 0 spiro atoms. The molecule has 19 heavy (non-hydrogen) atoms. The van der Waals surface area contributed by atoms with Crippen molar-refractivity contribution in [3.8, 4) is 0 Å². The van der Waals surface area contributed by atoms with Gasteiger partial charge in [0.15, 0.2) is 0 Å². The molecule has 2 aliphatic heterocycles. The second-order valence-electron chi connectivity index (χ2n) is 5.50. The van der Waals surface area contributed by atoms with E-state index in [1.54, 1.807) is 11.3 Å². The summed E-state index contributed by atoms with van der Waals surface area (Å²) in [5, 5.41) is 5.69. The van der Waals surface area contributed by atoms with Gasteiger partial charge >= 0.3 is 0 Å². The number of nitrogens with one attached hydrogen (secondary N) is 1. The predicted octanol–water partition coefficient (Wildman–Crippen LogP) is 2.80. The molecular formula is C14H19BrN2OS. The number of aryl methyl sites for hydroxylation is 1. The summed E-state index contributed by atoms with van der Waals surface area (Å²) in [5.41, 5.74) is 0. The number of hydrogen-bond donors (Lipinski definition) is 1. The van der Waals surface area contributed by atoms with E-state index in [1.807, 2.05) is 0 Å². The van der Waals surface area contributed by atoms with Gasteiger partial charge in [0.2, 0.25) is 5.91 Å². The lowest BCUT2D eigenvalue weighted by atomic mass is 10.1. The van der Waals surface area contributed by atoms with Crippen molar-refractivity contribution in [3.05, 3.63) is 20.8 Å². The topological polar surface area (TPSA) is 32.3 Å². The monoisotopic (exact) mass is 342 g/mol. The lowest BCUT2D eigenvalue weighted by Gasteiger charge is -2.24. The van der Waals surface area contributed by atoms with Crippen LogP contribution in [0.15, 0.2) is 15.9 Å². The molecule has 2 unspecified atom stereocenters. The van der Waals surface area contributed by atoms with Crippen molar-refractivity contribution in [3.63, 3.8) is 0 Å². The van der Waals surface area contributed by atoms with Crippen molar-refractivity contribution < 1.29 is 4.79 Å². The van der Waals surface area contributed by atoms with Crippen LogP contribution in [0, 0.1) is 0 Å². The van der Waals surface area contributed by atoms with Gasteiger partial charge in [-0.25, -0.2) is 0 Å². The molecule has 1 aromatic heterocycles. The van der Waals surface area contributed by atoms with Gasteiger partial charge in [0.05, 0.1) is 0 Å². The number of fused-ring (bicyclic) bond motifs is 2. The van der Waals surface area contributed by atoms with E-state index in [2.05, 4.69) is 37.6 Å². The van der Waals surface area contributed by atoms with Crippen molar-refractivity contribution in [1.29, 1.82) is 0 Å². The van der Waals surface area contributed by atoms with Crippen LogP contribution < -0.4 is 5.32 Å². The Labute approximate surface area is 126 Å². The van der Waals surface area contributed by atoms with Crippen molar-refractivity contribution in [2.24, 2.45) is 0 Å². The molecule has 3 nitrogen and oxygen atoms in total. The molecule has 2 saturated heterocycles. The highest BCUT2D eigenvalue weighted by Gasteiger charge is 2.30. The molecule has 2 aliphatic rings. The van der Waals surface area contributed by atoms with Gasteiger partial charge in [-0.2, -0.15) is 0 Å². The summed E-state index contributed by atoms with van der Waals surface area (Å²) < 4.78 is 1.12. The molecule has 2 bridgehead atoms. The van der Waals surface area contributed by atoms with E-state index >= 15 is 0 Å². The predicted molar refractivity (Wildman–Crippen MR) is 81.5 cm³/mol. The van der Waals surface area contributed by atoms with E-state index in [4.69, 9.17) is 0 Å². The SMILES string of the molecule is O=C(CCc1cc(Br)cs1)N1CCC2CCC(C1)N2. The van der Waals surface area contributed by atoms with Crippen LogP contribution in [-0.2, 0) is 11.2 Å². The second-order valence-corrected chi connectivity index (χ2v) is 7.41. The fraction of sp³-hybridized carbons (Fsp3) is 0.643. The van der Waals surface area contributed by atoms with Crippen LogP contribution in [0.4, 0.5) is 0 Å². The maximum absolute atomic E-state index is 12.3. The Bertz CT molecular complexity index is 462. The molecule has 2 atom stereocenters. The van der Waals surface area contributed by atoms with Crippen LogP contribution in [0.25, 0.3) is 0 Å². The van der Waals surface area contributed by atoms with Gasteiger partial charge in [-0.05, 0) is 47.7 Å². The smallest absolute Gasteiger partial charge is 0.222 e. The zero-order valence-corrected chi connectivity index (χ0v) is 13.3. The Kier molecular flexibility index (Phi) is 4.24. The fourth-order valence-electron chi connectivity index (χ4n) is 3.04. The van der Waals surface area contributed by atoms with Crippen molar-refractivity contribution in [2.75, 3.05) is 13.1 Å². The van der Waals surface area contributed by atoms with E-state index in [-0.39, 0.29) is 0 Å². The summed E-state index contributed by atoms with van der Waals surface area (Å²) in [6.07, 6.45) is 5.15.